The first-order chi connectivity index (χ1) is 7.81. The van der Waals surface area contributed by atoms with Gasteiger partial charge in [-0.2, -0.15) is 5.26 Å². The lowest BCUT2D eigenvalue weighted by molar-refractivity contribution is 1.35. The monoisotopic (exact) mass is 228 g/mol. The molecule has 0 bridgehead atoms. The van der Waals surface area contributed by atoms with Crippen LogP contribution in [0.2, 0.25) is 5.15 Å². The Kier molecular flexibility index (Phi) is 3.19. The predicted octanol–water partition coefficient (Wildman–Crippen LogP) is 3.82. The molecule has 0 N–H and O–H groups in total. The van der Waals surface area contributed by atoms with Crippen molar-refractivity contribution >= 4 is 28.6 Å². The molecule has 0 atom stereocenters. The highest BCUT2D eigenvalue weighted by Crippen LogP contribution is 2.21. The van der Waals surface area contributed by atoms with Crippen LogP contribution in [0.4, 0.5) is 0 Å². The first kappa shape index (κ1) is 10.7. The minimum Gasteiger partial charge on any atom is -0.235 e. The van der Waals surface area contributed by atoms with Gasteiger partial charge in [-0.15, -0.1) is 0 Å². The molecule has 2 aromatic rings. The van der Waals surface area contributed by atoms with Gasteiger partial charge in [-0.25, -0.2) is 4.98 Å². The number of nitrogens with zero attached hydrogens (tertiary/aromatic N) is 2. The van der Waals surface area contributed by atoms with Crippen LogP contribution < -0.4 is 0 Å². The van der Waals surface area contributed by atoms with Crippen LogP contribution in [-0.4, -0.2) is 4.98 Å². The molecular formula is C13H9ClN2. The van der Waals surface area contributed by atoms with Crippen molar-refractivity contribution in [2.24, 2.45) is 0 Å². The fourth-order valence-corrected chi connectivity index (χ4v) is 1.67. The van der Waals surface area contributed by atoms with Crippen molar-refractivity contribution in [2.75, 3.05) is 0 Å². The van der Waals surface area contributed by atoms with Crippen LogP contribution >= 0.6 is 11.6 Å². The average Bonchev–Trinajstić information content (AvgIpc) is 2.30. The summed E-state index contributed by atoms with van der Waals surface area (Å²) in [6.45, 7) is 0. The summed E-state index contributed by atoms with van der Waals surface area (Å²) in [6, 6.07) is 11.8. The zero-order valence-corrected chi connectivity index (χ0v) is 9.28. The Balaban J connectivity index is 2.47. The van der Waals surface area contributed by atoms with Gasteiger partial charge in [-0.05, 0) is 12.1 Å². The van der Waals surface area contributed by atoms with E-state index in [4.69, 9.17) is 16.9 Å². The Hall–Kier alpha value is -1.85. The number of rotatable bonds is 2. The molecule has 0 saturated carbocycles. The van der Waals surface area contributed by atoms with Crippen LogP contribution in [0.15, 0.2) is 36.4 Å². The van der Waals surface area contributed by atoms with Crippen LogP contribution in [-0.2, 0) is 0 Å². The number of hydrogen-bond acceptors (Lipinski definition) is 2. The van der Waals surface area contributed by atoms with Gasteiger partial charge >= 0.3 is 0 Å². The van der Waals surface area contributed by atoms with Gasteiger partial charge in [0.05, 0.1) is 18.0 Å². The van der Waals surface area contributed by atoms with Gasteiger partial charge in [0.2, 0.25) is 0 Å². The van der Waals surface area contributed by atoms with E-state index in [0.717, 1.165) is 16.5 Å². The minimum absolute atomic E-state index is 0.378. The second kappa shape index (κ2) is 4.78. The Morgan fingerprint density at radius 1 is 1.38 bits per heavy atom. The zero-order valence-electron chi connectivity index (χ0n) is 8.52. The van der Waals surface area contributed by atoms with Crippen molar-refractivity contribution in [1.82, 2.24) is 4.98 Å². The average molecular weight is 229 g/mol. The lowest BCUT2D eigenvalue weighted by atomic mass is 10.1. The Morgan fingerprint density at radius 3 is 3.00 bits per heavy atom. The maximum absolute atomic E-state index is 8.44. The zero-order chi connectivity index (χ0) is 11.4. The quantitative estimate of drug-likeness (QED) is 0.733. The van der Waals surface area contributed by atoms with E-state index in [2.05, 4.69) is 4.98 Å². The van der Waals surface area contributed by atoms with Crippen molar-refractivity contribution in [3.63, 3.8) is 0 Å². The summed E-state index contributed by atoms with van der Waals surface area (Å²) < 4.78 is 0. The molecule has 0 aliphatic rings. The van der Waals surface area contributed by atoms with E-state index in [0.29, 0.717) is 11.6 Å². The number of benzene rings is 1. The Bertz CT molecular complexity index is 582. The molecule has 0 amide bonds. The van der Waals surface area contributed by atoms with E-state index >= 15 is 0 Å². The number of halogens is 1. The molecule has 16 heavy (non-hydrogen) atoms. The molecule has 1 aromatic carbocycles. The number of para-hydroxylation sites is 1. The van der Waals surface area contributed by atoms with E-state index in [1.165, 1.54) is 0 Å². The molecule has 1 aromatic heterocycles. The summed E-state index contributed by atoms with van der Waals surface area (Å²) in [4.78, 5) is 4.29. The number of allylic oxidation sites excluding steroid dienone is 1. The fraction of sp³-hybridized carbons (Fsp3) is 0.0769. The van der Waals surface area contributed by atoms with Gasteiger partial charge in [-0.3, -0.25) is 0 Å². The molecule has 0 aliphatic carbocycles. The van der Waals surface area contributed by atoms with Crippen LogP contribution in [0.5, 0.6) is 0 Å². The van der Waals surface area contributed by atoms with Crippen LogP contribution in [0.1, 0.15) is 12.0 Å². The first-order valence-corrected chi connectivity index (χ1v) is 5.28. The first-order valence-electron chi connectivity index (χ1n) is 4.90. The third-order valence-electron chi connectivity index (χ3n) is 2.21. The normalized spacial score (nSPS) is 10.8. The Morgan fingerprint density at radius 2 is 2.19 bits per heavy atom. The summed E-state index contributed by atoms with van der Waals surface area (Å²) in [5, 5.41) is 9.95. The number of nitriles is 1. The van der Waals surface area contributed by atoms with E-state index < -0.39 is 0 Å². The highest BCUT2D eigenvalue weighted by Gasteiger charge is 2.01. The van der Waals surface area contributed by atoms with Crippen molar-refractivity contribution in [3.8, 4) is 6.07 Å². The molecule has 0 saturated heterocycles. The third-order valence-corrected chi connectivity index (χ3v) is 2.51. The molecule has 0 aliphatic heterocycles. The highest BCUT2D eigenvalue weighted by atomic mass is 35.5. The lowest BCUT2D eigenvalue weighted by Crippen LogP contribution is -1.83. The van der Waals surface area contributed by atoms with Crippen molar-refractivity contribution in [2.45, 2.75) is 6.42 Å². The maximum Gasteiger partial charge on any atom is 0.136 e. The second-order valence-electron chi connectivity index (χ2n) is 3.33. The fourth-order valence-electron chi connectivity index (χ4n) is 1.46. The summed E-state index contributed by atoms with van der Waals surface area (Å²) in [5.74, 6) is 0. The third kappa shape index (κ3) is 2.21. The number of aromatic nitrogens is 1. The number of pyridine rings is 1. The lowest BCUT2D eigenvalue weighted by Gasteiger charge is -2.01. The summed E-state index contributed by atoms with van der Waals surface area (Å²) in [5.41, 5.74) is 1.72. The van der Waals surface area contributed by atoms with Gasteiger partial charge in [0, 0.05) is 10.9 Å². The molecule has 0 unspecified atom stereocenters. The van der Waals surface area contributed by atoms with Crippen LogP contribution in [0, 0.1) is 11.3 Å². The van der Waals surface area contributed by atoms with Crippen molar-refractivity contribution in [3.05, 3.63) is 47.1 Å². The highest BCUT2D eigenvalue weighted by molar-refractivity contribution is 6.31. The van der Waals surface area contributed by atoms with Crippen LogP contribution in [0.3, 0.4) is 0 Å². The number of fused-ring (bicyclic) bond motifs is 1. The minimum atomic E-state index is 0.378. The molecule has 2 nitrogen and oxygen atoms in total. The van der Waals surface area contributed by atoms with Gasteiger partial charge < -0.3 is 0 Å². The topological polar surface area (TPSA) is 36.7 Å². The largest absolute Gasteiger partial charge is 0.235 e. The van der Waals surface area contributed by atoms with Gasteiger partial charge in [0.1, 0.15) is 5.15 Å². The molecule has 3 heteroatoms. The molecular weight excluding hydrogens is 220 g/mol. The number of hydrogen-bond donors (Lipinski definition) is 0. The smallest absolute Gasteiger partial charge is 0.136 e. The van der Waals surface area contributed by atoms with Crippen LogP contribution in [0.25, 0.3) is 17.0 Å². The molecule has 0 radical (unpaired) electrons. The molecule has 0 fully saturated rings. The molecule has 0 spiro atoms. The van der Waals surface area contributed by atoms with E-state index in [1.54, 1.807) is 6.08 Å². The molecule has 78 valence electrons. The van der Waals surface area contributed by atoms with E-state index in [-0.39, 0.29) is 0 Å². The van der Waals surface area contributed by atoms with Gasteiger partial charge in [-0.1, -0.05) is 42.0 Å². The second-order valence-corrected chi connectivity index (χ2v) is 3.68. The summed E-state index contributed by atoms with van der Waals surface area (Å²) in [7, 11) is 0. The van der Waals surface area contributed by atoms with Crippen molar-refractivity contribution < 1.29 is 0 Å². The maximum atomic E-state index is 8.44. The standard InChI is InChI=1S/C13H9ClN2/c14-13-11(6-3-4-8-15)9-10-5-1-2-7-12(10)16-13/h1-3,5-7,9H,4H2. The SMILES string of the molecule is N#CCC=Cc1cc2ccccc2nc1Cl. The Labute approximate surface area is 98.8 Å². The summed E-state index contributed by atoms with van der Waals surface area (Å²) >= 11 is 6.04. The van der Waals surface area contributed by atoms with E-state index in [1.807, 2.05) is 42.5 Å². The van der Waals surface area contributed by atoms with Gasteiger partial charge in [0.25, 0.3) is 0 Å². The molecule has 2 rings (SSSR count). The van der Waals surface area contributed by atoms with E-state index in [9.17, 15) is 0 Å². The summed E-state index contributed by atoms with van der Waals surface area (Å²) in [6.07, 6.45) is 3.98. The predicted molar refractivity (Wildman–Crippen MR) is 66.0 cm³/mol. The molecule has 1 heterocycles. The van der Waals surface area contributed by atoms with Gasteiger partial charge in [0.15, 0.2) is 0 Å². The van der Waals surface area contributed by atoms with Crippen molar-refractivity contribution in [1.29, 1.82) is 5.26 Å².